The molecule has 1 atom stereocenters. The summed E-state index contributed by atoms with van der Waals surface area (Å²) in [4.78, 5) is 0. The lowest BCUT2D eigenvalue weighted by Gasteiger charge is -1.95. The maximum absolute atomic E-state index is 3.58. The Morgan fingerprint density at radius 3 is 2.62 bits per heavy atom. The lowest BCUT2D eigenvalue weighted by Crippen LogP contribution is -1.82. The molecule has 46 valence electrons. The van der Waals surface area contributed by atoms with Crippen LogP contribution in [0.2, 0.25) is 0 Å². The molecular weight excluding hydrogens is 96.1 g/mol. The first kappa shape index (κ1) is 7.48. The van der Waals surface area contributed by atoms with Gasteiger partial charge in [-0.3, -0.25) is 0 Å². The first-order valence-electron chi connectivity index (χ1n) is 3.10. The smallest absolute Gasteiger partial charge is 0.0261 e. The Morgan fingerprint density at radius 1 is 1.62 bits per heavy atom. The van der Waals surface area contributed by atoms with Gasteiger partial charge in [-0.25, -0.2) is 0 Å². The van der Waals surface area contributed by atoms with Crippen molar-refractivity contribution in [1.29, 1.82) is 0 Å². The van der Waals surface area contributed by atoms with Gasteiger partial charge in [0.1, 0.15) is 0 Å². The van der Waals surface area contributed by atoms with Crippen molar-refractivity contribution >= 4 is 0 Å². The maximum atomic E-state index is 3.58. The molecule has 0 spiro atoms. The van der Waals surface area contributed by atoms with Gasteiger partial charge in [0, 0.05) is 0 Å². The second-order valence-corrected chi connectivity index (χ2v) is 2.01. The van der Waals surface area contributed by atoms with Crippen LogP contribution in [-0.2, 0) is 0 Å². The highest BCUT2D eigenvalue weighted by Crippen LogP contribution is 2.00. The summed E-state index contributed by atoms with van der Waals surface area (Å²) in [7, 11) is 0. The fraction of sp³-hybridized carbons (Fsp3) is 0.500. The largest absolute Gasteiger partial charge is 0.0991 e. The van der Waals surface area contributed by atoms with Gasteiger partial charge in [-0.2, -0.15) is 0 Å². The standard InChI is InChI=1S/C8H14/c1-4-6-7-8(3)5-2/h4,6-8H,1,5H2,2-3H3. The lowest BCUT2D eigenvalue weighted by molar-refractivity contribution is 0.698. The Hall–Kier alpha value is -0.520. The highest BCUT2D eigenvalue weighted by molar-refractivity contribution is 4.98. The third kappa shape index (κ3) is 3.66. The predicted octanol–water partition coefficient (Wildman–Crippen LogP) is 2.77. The van der Waals surface area contributed by atoms with Gasteiger partial charge in [0.25, 0.3) is 0 Å². The molecule has 0 saturated heterocycles. The van der Waals surface area contributed by atoms with Crippen molar-refractivity contribution in [3.05, 3.63) is 24.8 Å². The van der Waals surface area contributed by atoms with Crippen molar-refractivity contribution in [2.24, 2.45) is 5.92 Å². The molecule has 0 aromatic rings. The van der Waals surface area contributed by atoms with Gasteiger partial charge in [0.2, 0.25) is 0 Å². The van der Waals surface area contributed by atoms with E-state index in [1.54, 1.807) is 0 Å². The van der Waals surface area contributed by atoms with Crippen LogP contribution in [0.3, 0.4) is 0 Å². The normalized spacial score (nSPS) is 14.2. The van der Waals surface area contributed by atoms with E-state index in [0.717, 1.165) is 0 Å². The van der Waals surface area contributed by atoms with Crippen LogP contribution in [0.4, 0.5) is 0 Å². The molecule has 0 N–H and O–H groups in total. The molecule has 0 fully saturated rings. The van der Waals surface area contributed by atoms with E-state index in [9.17, 15) is 0 Å². The molecule has 0 bridgehead atoms. The van der Waals surface area contributed by atoms with Crippen LogP contribution < -0.4 is 0 Å². The van der Waals surface area contributed by atoms with E-state index in [2.05, 4.69) is 26.5 Å². The Labute approximate surface area is 51.9 Å². The van der Waals surface area contributed by atoms with Gasteiger partial charge >= 0.3 is 0 Å². The molecule has 0 radical (unpaired) electrons. The Morgan fingerprint density at radius 2 is 2.25 bits per heavy atom. The molecular formula is C8H14. The fourth-order valence-electron chi connectivity index (χ4n) is 0.404. The first-order valence-corrected chi connectivity index (χ1v) is 3.10. The summed E-state index contributed by atoms with van der Waals surface area (Å²) < 4.78 is 0. The number of allylic oxidation sites excluding steroid dienone is 3. The summed E-state index contributed by atoms with van der Waals surface area (Å²) in [6.07, 6.45) is 7.18. The number of hydrogen-bond donors (Lipinski definition) is 0. The van der Waals surface area contributed by atoms with Crippen molar-refractivity contribution in [3.63, 3.8) is 0 Å². The van der Waals surface area contributed by atoms with Gasteiger partial charge in [0.05, 0.1) is 0 Å². The van der Waals surface area contributed by atoms with E-state index in [0.29, 0.717) is 5.92 Å². The third-order valence-electron chi connectivity index (χ3n) is 1.22. The quantitative estimate of drug-likeness (QED) is 0.490. The highest BCUT2D eigenvalue weighted by Gasteiger charge is 1.86. The Balaban J connectivity index is 3.35. The van der Waals surface area contributed by atoms with E-state index in [1.807, 2.05) is 12.2 Å². The molecule has 0 aliphatic rings. The molecule has 0 aromatic heterocycles. The van der Waals surface area contributed by atoms with Crippen LogP contribution in [0.15, 0.2) is 24.8 Å². The molecule has 0 saturated carbocycles. The van der Waals surface area contributed by atoms with Crippen LogP contribution in [0.5, 0.6) is 0 Å². The minimum atomic E-state index is 0.702. The summed E-state index contributed by atoms with van der Waals surface area (Å²) in [6.45, 7) is 7.95. The van der Waals surface area contributed by atoms with Crippen molar-refractivity contribution in [2.75, 3.05) is 0 Å². The van der Waals surface area contributed by atoms with Crippen molar-refractivity contribution in [1.82, 2.24) is 0 Å². The van der Waals surface area contributed by atoms with Gasteiger partial charge in [-0.05, 0) is 5.92 Å². The lowest BCUT2D eigenvalue weighted by atomic mass is 10.1. The highest BCUT2D eigenvalue weighted by atomic mass is 13.9. The summed E-state index contributed by atoms with van der Waals surface area (Å²) in [5.74, 6) is 0.702. The molecule has 1 unspecified atom stereocenters. The van der Waals surface area contributed by atoms with Crippen molar-refractivity contribution in [3.8, 4) is 0 Å². The zero-order valence-electron chi connectivity index (χ0n) is 5.72. The zero-order chi connectivity index (χ0) is 6.41. The van der Waals surface area contributed by atoms with E-state index in [1.165, 1.54) is 6.42 Å². The topological polar surface area (TPSA) is 0 Å². The average Bonchev–Trinajstić information content (AvgIpc) is 1.83. The van der Waals surface area contributed by atoms with Crippen molar-refractivity contribution in [2.45, 2.75) is 20.3 Å². The number of rotatable bonds is 3. The van der Waals surface area contributed by atoms with Crippen LogP contribution in [0.1, 0.15) is 20.3 Å². The molecule has 0 heterocycles. The molecule has 0 aliphatic heterocycles. The van der Waals surface area contributed by atoms with Crippen LogP contribution in [0, 0.1) is 5.92 Å². The van der Waals surface area contributed by atoms with Gasteiger partial charge < -0.3 is 0 Å². The molecule has 0 aromatic carbocycles. The Kier molecular flexibility index (Phi) is 4.33. The minimum absolute atomic E-state index is 0.702. The van der Waals surface area contributed by atoms with Crippen LogP contribution >= 0.6 is 0 Å². The van der Waals surface area contributed by atoms with Gasteiger partial charge in [-0.1, -0.05) is 45.1 Å². The van der Waals surface area contributed by atoms with E-state index in [4.69, 9.17) is 0 Å². The van der Waals surface area contributed by atoms with Gasteiger partial charge in [0.15, 0.2) is 0 Å². The van der Waals surface area contributed by atoms with E-state index < -0.39 is 0 Å². The average molecular weight is 110 g/mol. The first-order chi connectivity index (χ1) is 3.81. The second-order valence-electron chi connectivity index (χ2n) is 2.01. The fourth-order valence-corrected chi connectivity index (χ4v) is 0.404. The SMILES string of the molecule is C=CC=CC(C)CC. The molecule has 0 amide bonds. The van der Waals surface area contributed by atoms with Crippen LogP contribution in [-0.4, -0.2) is 0 Å². The summed E-state index contributed by atoms with van der Waals surface area (Å²) in [5.41, 5.74) is 0. The molecule has 0 heteroatoms. The predicted molar refractivity (Wildman–Crippen MR) is 38.8 cm³/mol. The summed E-state index contributed by atoms with van der Waals surface area (Å²) in [5, 5.41) is 0. The third-order valence-corrected chi connectivity index (χ3v) is 1.22. The van der Waals surface area contributed by atoms with Crippen molar-refractivity contribution < 1.29 is 0 Å². The zero-order valence-corrected chi connectivity index (χ0v) is 5.72. The molecule has 0 rings (SSSR count). The van der Waals surface area contributed by atoms with E-state index >= 15 is 0 Å². The van der Waals surface area contributed by atoms with Gasteiger partial charge in [-0.15, -0.1) is 0 Å². The molecule has 8 heavy (non-hydrogen) atoms. The van der Waals surface area contributed by atoms with Crippen LogP contribution in [0.25, 0.3) is 0 Å². The minimum Gasteiger partial charge on any atom is -0.0991 e. The molecule has 0 aliphatic carbocycles. The summed E-state index contributed by atoms with van der Waals surface area (Å²) >= 11 is 0. The number of hydrogen-bond acceptors (Lipinski definition) is 0. The monoisotopic (exact) mass is 110 g/mol. The maximum Gasteiger partial charge on any atom is -0.0261 e. The van der Waals surface area contributed by atoms with E-state index in [-0.39, 0.29) is 0 Å². The molecule has 0 nitrogen and oxygen atoms in total. The Bertz CT molecular complexity index is 80.0. The second kappa shape index (κ2) is 4.63. The summed E-state index contributed by atoms with van der Waals surface area (Å²) in [6, 6.07) is 0.